The molecule has 0 aromatic carbocycles. The Morgan fingerprint density at radius 1 is 1.27 bits per heavy atom. The van der Waals surface area contributed by atoms with Crippen molar-refractivity contribution in [2.24, 2.45) is 0 Å². The summed E-state index contributed by atoms with van der Waals surface area (Å²) in [5.41, 5.74) is -1.21. The zero-order valence-electron chi connectivity index (χ0n) is 5.09. The third kappa shape index (κ3) is 1.79. The van der Waals surface area contributed by atoms with Gasteiger partial charge in [-0.15, -0.1) is 0 Å². The highest BCUT2D eigenvalue weighted by Crippen LogP contribution is 2.27. The maximum atomic E-state index is 11.7. The minimum atomic E-state index is -4.57. The van der Waals surface area contributed by atoms with Gasteiger partial charge in [-0.1, -0.05) is 0 Å². The van der Waals surface area contributed by atoms with E-state index in [4.69, 9.17) is 0 Å². The summed E-state index contributed by atoms with van der Waals surface area (Å²) in [6.45, 7) is 0. The van der Waals surface area contributed by atoms with Crippen LogP contribution in [0.15, 0.2) is 12.4 Å². The van der Waals surface area contributed by atoms with E-state index in [-0.39, 0.29) is 0 Å². The van der Waals surface area contributed by atoms with Crippen LogP contribution in [0.1, 0.15) is 5.69 Å². The Balaban J connectivity index is 3.06. The fraction of sp³-hybridized carbons (Fsp3) is 0.200. The Labute approximate surface area is 59.5 Å². The van der Waals surface area contributed by atoms with Crippen LogP contribution in [0.2, 0.25) is 0 Å². The second-order valence-electron chi connectivity index (χ2n) is 1.74. The molecule has 11 heavy (non-hydrogen) atoms. The van der Waals surface area contributed by atoms with Crippen molar-refractivity contribution in [3.63, 3.8) is 0 Å². The maximum Gasteiger partial charge on any atom is 0.433 e. The van der Waals surface area contributed by atoms with Crippen molar-refractivity contribution in [3.05, 3.63) is 18.1 Å². The van der Waals surface area contributed by atoms with Gasteiger partial charge in [0, 0.05) is 0 Å². The summed E-state index contributed by atoms with van der Waals surface area (Å²) in [7, 11) is 0. The first-order valence-corrected chi connectivity index (χ1v) is 2.56. The van der Waals surface area contributed by atoms with Crippen molar-refractivity contribution in [1.29, 1.82) is 0 Å². The van der Waals surface area contributed by atoms with Gasteiger partial charge in [-0.2, -0.15) is 13.2 Å². The number of aromatic nitrogens is 2. The molecule has 0 aliphatic carbocycles. The largest absolute Gasteiger partial charge is 0.859 e. The van der Waals surface area contributed by atoms with E-state index in [9.17, 15) is 18.3 Å². The van der Waals surface area contributed by atoms with Crippen LogP contribution in [0.3, 0.4) is 0 Å². The number of nitrogens with zero attached hydrogens (tertiary/aromatic N) is 2. The first kappa shape index (κ1) is 7.77. The first-order chi connectivity index (χ1) is 5.00. The van der Waals surface area contributed by atoms with Crippen molar-refractivity contribution >= 4 is 0 Å². The third-order valence-electron chi connectivity index (χ3n) is 0.932. The summed E-state index contributed by atoms with van der Waals surface area (Å²) in [6, 6.07) is 0.347. The molecule has 3 nitrogen and oxygen atoms in total. The fourth-order valence-electron chi connectivity index (χ4n) is 0.494. The number of halogens is 3. The Hall–Kier alpha value is -1.33. The molecule has 0 bridgehead atoms. The third-order valence-corrected chi connectivity index (χ3v) is 0.932. The van der Waals surface area contributed by atoms with Crippen LogP contribution in [0.4, 0.5) is 13.2 Å². The lowest BCUT2D eigenvalue weighted by atomic mass is 10.4. The molecule has 0 atom stereocenters. The lowest BCUT2D eigenvalue weighted by Crippen LogP contribution is -2.09. The van der Waals surface area contributed by atoms with Gasteiger partial charge in [0.1, 0.15) is 12.0 Å². The summed E-state index contributed by atoms with van der Waals surface area (Å²) in [4.78, 5) is 5.86. The molecule has 1 heterocycles. The molecule has 0 unspecified atom stereocenters. The zero-order valence-corrected chi connectivity index (χ0v) is 5.09. The van der Waals surface area contributed by atoms with Gasteiger partial charge in [-0.05, 0) is 11.9 Å². The standard InChI is InChI=1S/C5H3F3N2O/c6-5(7,8)3-1-4(11)10-2-9-3/h1-2H,(H,9,10,11)/p-1. The Morgan fingerprint density at radius 2 is 1.91 bits per heavy atom. The number of hydrogen-bond donors (Lipinski definition) is 0. The van der Waals surface area contributed by atoms with Crippen molar-refractivity contribution in [1.82, 2.24) is 9.97 Å². The molecular formula is C5H2F3N2O-. The van der Waals surface area contributed by atoms with Crippen molar-refractivity contribution in [2.75, 3.05) is 0 Å². The average molecular weight is 163 g/mol. The highest BCUT2D eigenvalue weighted by molar-refractivity contribution is 5.12. The predicted molar refractivity (Wildman–Crippen MR) is 26.5 cm³/mol. The van der Waals surface area contributed by atoms with Crippen LogP contribution in [0.25, 0.3) is 0 Å². The van der Waals surface area contributed by atoms with E-state index in [0.717, 1.165) is 0 Å². The zero-order chi connectivity index (χ0) is 8.48. The molecule has 0 aliphatic rings. The van der Waals surface area contributed by atoms with E-state index in [1.807, 2.05) is 0 Å². The minimum Gasteiger partial charge on any atom is -0.859 e. The molecule has 0 N–H and O–H groups in total. The molecule has 60 valence electrons. The van der Waals surface area contributed by atoms with E-state index in [1.54, 1.807) is 0 Å². The Morgan fingerprint density at radius 3 is 2.27 bits per heavy atom. The Bertz CT molecular complexity index is 260. The summed E-state index contributed by atoms with van der Waals surface area (Å²) >= 11 is 0. The number of rotatable bonds is 0. The minimum absolute atomic E-state index is 0.347. The second-order valence-corrected chi connectivity index (χ2v) is 1.74. The number of alkyl halides is 3. The van der Waals surface area contributed by atoms with Gasteiger partial charge < -0.3 is 5.11 Å². The SMILES string of the molecule is [O-]c1cc(C(F)(F)F)ncn1. The van der Waals surface area contributed by atoms with Crippen molar-refractivity contribution in [3.8, 4) is 5.88 Å². The summed E-state index contributed by atoms with van der Waals surface area (Å²) in [5.74, 6) is -0.938. The first-order valence-electron chi connectivity index (χ1n) is 2.56. The van der Waals surface area contributed by atoms with Crippen LogP contribution in [-0.4, -0.2) is 9.97 Å². The fourth-order valence-corrected chi connectivity index (χ4v) is 0.494. The highest BCUT2D eigenvalue weighted by Gasteiger charge is 2.31. The molecule has 0 saturated carbocycles. The van der Waals surface area contributed by atoms with Gasteiger partial charge >= 0.3 is 6.18 Å². The smallest absolute Gasteiger partial charge is 0.433 e. The summed E-state index contributed by atoms with van der Waals surface area (Å²) in [6.07, 6.45) is -3.98. The lowest BCUT2D eigenvalue weighted by molar-refractivity contribution is -0.275. The van der Waals surface area contributed by atoms with Crippen LogP contribution in [-0.2, 0) is 6.18 Å². The molecule has 0 saturated heterocycles. The highest BCUT2D eigenvalue weighted by atomic mass is 19.4. The molecule has 0 amide bonds. The van der Waals surface area contributed by atoms with Gasteiger partial charge in [0.2, 0.25) is 0 Å². The molecule has 0 fully saturated rings. The van der Waals surface area contributed by atoms with Gasteiger partial charge in [-0.3, -0.25) is 4.98 Å². The quantitative estimate of drug-likeness (QED) is 0.561. The van der Waals surface area contributed by atoms with E-state index >= 15 is 0 Å². The molecule has 1 aromatic rings. The molecule has 0 radical (unpaired) electrons. The normalized spacial score (nSPS) is 11.5. The topological polar surface area (TPSA) is 48.8 Å². The average Bonchev–Trinajstić information content (AvgIpc) is 1.86. The molecule has 0 aliphatic heterocycles. The van der Waals surface area contributed by atoms with Crippen LogP contribution >= 0.6 is 0 Å². The molecule has 6 heteroatoms. The predicted octanol–water partition coefficient (Wildman–Crippen LogP) is 0.569. The molecule has 1 aromatic heterocycles. The molecule has 0 spiro atoms. The van der Waals surface area contributed by atoms with Gasteiger partial charge in [-0.25, -0.2) is 4.98 Å². The Kier molecular flexibility index (Phi) is 1.67. The van der Waals surface area contributed by atoms with Gasteiger partial charge in [0.25, 0.3) is 0 Å². The monoisotopic (exact) mass is 163 g/mol. The van der Waals surface area contributed by atoms with Gasteiger partial charge in [0.15, 0.2) is 0 Å². The van der Waals surface area contributed by atoms with Crippen molar-refractivity contribution < 1.29 is 18.3 Å². The molecule has 1 rings (SSSR count). The molecular weight excluding hydrogens is 161 g/mol. The maximum absolute atomic E-state index is 11.7. The second kappa shape index (κ2) is 2.37. The van der Waals surface area contributed by atoms with E-state index in [2.05, 4.69) is 9.97 Å². The van der Waals surface area contributed by atoms with E-state index < -0.39 is 17.8 Å². The lowest BCUT2D eigenvalue weighted by Gasteiger charge is -2.07. The van der Waals surface area contributed by atoms with E-state index in [1.165, 1.54) is 0 Å². The summed E-state index contributed by atoms with van der Waals surface area (Å²) < 4.78 is 35.2. The number of hydrogen-bond acceptors (Lipinski definition) is 3. The van der Waals surface area contributed by atoms with Crippen LogP contribution in [0, 0.1) is 0 Å². The van der Waals surface area contributed by atoms with E-state index in [0.29, 0.717) is 12.4 Å². The van der Waals surface area contributed by atoms with Crippen LogP contribution in [0.5, 0.6) is 5.88 Å². The van der Waals surface area contributed by atoms with Crippen molar-refractivity contribution in [2.45, 2.75) is 6.18 Å². The summed E-state index contributed by atoms with van der Waals surface area (Å²) in [5, 5.41) is 10.3. The van der Waals surface area contributed by atoms with Gasteiger partial charge in [0.05, 0.1) is 0 Å². The van der Waals surface area contributed by atoms with Crippen LogP contribution < -0.4 is 5.11 Å².